The van der Waals surface area contributed by atoms with Crippen LogP contribution in [0.4, 0.5) is 5.82 Å². The van der Waals surface area contributed by atoms with E-state index in [4.69, 9.17) is 0 Å². The molecule has 0 saturated heterocycles. The van der Waals surface area contributed by atoms with E-state index < -0.39 is 4.92 Å². The summed E-state index contributed by atoms with van der Waals surface area (Å²) >= 11 is 0. The molecule has 106 valence electrons. The van der Waals surface area contributed by atoms with Crippen LogP contribution in [0.5, 0.6) is 0 Å². The zero-order valence-electron chi connectivity index (χ0n) is 10.8. The highest BCUT2D eigenvalue weighted by molar-refractivity contribution is 6.21. The normalized spacial score (nSPS) is 13.6. The zero-order valence-corrected chi connectivity index (χ0v) is 10.8. The molecule has 1 aliphatic rings. The van der Waals surface area contributed by atoms with Gasteiger partial charge in [0, 0.05) is 0 Å². The predicted molar refractivity (Wildman–Crippen MR) is 70.7 cm³/mol. The van der Waals surface area contributed by atoms with E-state index in [1.165, 1.54) is 16.9 Å². The fourth-order valence-electron chi connectivity index (χ4n) is 2.22. The van der Waals surface area contributed by atoms with E-state index >= 15 is 0 Å². The van der Waals surface area contributed by atoms with Crippen LogP contribution in [-0.4, -0.2) is 38.0 Å². The quantitative estimate of drug-likeness (QED) is 0.476. The SMILES string of the molecule is O=C1c2ccccc2C(=O)N1CCn1ccc([N+](=O)[O-])n1. The molecule has 0 N–H and O–H groups in total. The molecule has 2 amide bonds. The minimum Gasteiger partial charge on any atom is -0.358 e. The van der Waals surface area contributed by atoms with Gasteiger partial charge in [-0.2, -0.15) is 4.68 Å². The highest BCUT2D eigenvalue weighted by Crippen LogP contribution is 2.22. The smallest absolute Gasteiger partial charge is 0.358 e. The van der Waals surface area contributed by atoms with E-state index in [0.717, 1.165) is 4.90 Å². The third kappa shape index (κ3) is 2.16. The Morgan fingerprint density at radius 2 is 1.67 bits per heavy atom. The van der Waals surface area contributed by atoms with Gasteiger partial charge in [-0.3, -0.25) is 14.5 Å². The van der Waals surface area contributed by atoms with Gasteiger partial charge in [0.2, 0.25) is 0 Å². The summed E-state index contributed by atoms with van der Waals surface area (Å²) in [4.78, 5) is 35.3. The Labute approximate surface area is 118 Å². The first kappa shape index (κ1) is 13.0. The molecule has 1 aliphatic heterocycles. The van der Waals surface area contributed by atoms with Crippen molar-refractivity contribution >= 4 is 17.6 Å². The Hall–Kier alpha value is -3.03. The van der Waals surface area contributed by atoms with Crippen molar-refractivity contribution in [2.75, 3.05) is 6.54 Å². The Balaban J connectivity index is 1.73. The largest absolute Gasteiger partial charge is 0.389 e. The number of imide groups is 1. The van der Waals surface area contributed by atoms with Crippen molar-refractivity contribution in [3.8, 4) is 0 Å². The third-order valence-electron chi connectivity index (χ3n) is 3.24. The fraction of sp³-hybridized carbons (Fsp3) is 0.154. The van der Waals surface area contributed by atoms with Crippen molar-refractivity contribution in [2.24, 2.45) is 0 Å². The monoisotopic (exact) mass is 286 g/mol. The average molecular weight is 286 g/mol. The summed E-state index contributed by atoms with van der Waals surface area (Å²) in [6, 6.07) is 7.87. The number of carbonyl (C=O) groups excluding carboxylic acids is 2. The first-order chi connectivity index (χ1) is 10.1. The molecule has 0 bridgehead atoms. The lowest BCUT2D eigenvalue weighted by Crippen LogP contribution is -2.33. The molecular formula is C13H10N4O4. The second-order valence-electron chi connectivity index (χ2n) is 4.50. The molecule has 0 aliphatic carbocycles. The van der Waals surface area contributed by atoms with Crippen LogP contribution in [0, 0.1) is 10.1 Å². The molecule has 0 spiro atoms. The van der Waals surface area contributed by atoms with E-state index in [2.05, 4.69) is 5.10 Å². The Morgan fingerprint density at radius 1 is 1.05 bits per heavy atom. The molecule has 0 atom stereocenters. The van der Waals surface area contributed by atoms with Crippen molar-refractivity contribution in [1.82, 2.24) is 14.7 Å². The van der Waals surface area contributed by atoms with Gasteiger partial charge in [0.15, 0.2) is 0 Å². The minimum absolute atomic E-state index is 0.116. The molecular weight excluding hydrogens is 276 g/mol. The van der Waals surface area contributed by atoms with Gasteiger partial charge in [0.05, 0.1) is 41.6 Å². The van der Waals surface area contributed by atoms with Crippen LogP contribution in [-0.2, 0) is 6.54 Å². The number of benzene rings is 1. The molecule has 2 heterocycles. The Bertz CT molecular complexity index is 717. The van der Waals surface area contributed by atoms with Gasteiger partial charge in [0.25, 0.3) is 11.8 Å². The van der Waals surface area contributed by atoms with Crippen molar-refractivity contribution < 1.29 is 14.5 Å². The first-order valence-corrected chi connectivity index (χ1v) is 6.21. The second-order valence-corrected chi connectivity index (χ2v) is 4.50. The molecule has 1 aromatic carbocycles. The predicted octanol–water partition coefficient (Wildman–Crippen LogP) is 1.09. The van der Waals surface area contributed by atoms with E-state index in [1.54, 1.807) is 24.3 Å². The summed E-state index contributed by atoms with van der Waals surface area (Å²) < 4.78 is 1.34. The topological polar surface area (TPSA) is 98.3 Å². The Morgan fingerprint density at radius 3 is 2.19 bits per heavy atom. The van der Waals surface area contributed by atoms with Gasteiger partial charge >= 0.3 is 5.82 Å². The molecule has 0 unspecified atom stereocenters. The number of carbonyl (C=O) groups is 2. The number of rotatable bonds is 4. The Kier molecular flexibility index (Phi) is 2.98. The lowest BCUT2D eigenvalue weighted by molar-refractivity contribution is -0.389. The number of fused-ring (bicyclic) bond motifs is 1. The third-order valence-corrected chi connectivity index (χ3v) is 3.24. The molecule has 0 saturated carbocycles. The maximum Gasteiger partial charge on any atom is 0.389 e. The molecule has 2 aromatic rings. The van der Waals surface area contributed by atoms with Crippen molar-refractivity contribution in [2.45, 2.75) is 6.54 Å². The van der Waals surface area contributed by atoms with Crippen molar-refractivity contribution in [3.05, 3.63) is 57.8 Å². The van der Waals surface area contributed by atoms with Crippen LogP contribution in [0.2, 0.25) is 0 Å². The van der Waals surface area contributed by atoms with Gasteiger partial charge < -0.3 is 10.1 Å². The summed E-state index contributed by atoms with van der Waals surface area (Å²) in [5.74, 6) is -0.966. The first-order valence-electron chi connectivity index (χ1n) is 6.21. The highest BCUT2D eigenvalue weighted by atomic mass is 16.6. The van der Waals surface area contributed by atoms with E-state index in [9.17, 15) is 19.7 Å². The maximum absolute atomic E-state index is 12.1. The van der Waals surface area contributed by atoms with Crippen LogP contribution >= 0.6 is 0 Å². The lowest BCUT2D eigenvalue weighted by Gasteiger charge is -2.12. The summed E-state index contributed by atoms with van der Waals surface area (Å²) in [5.41, 5.74) is 0.767. The van der Waals surface area contributed by atoms with Crippen molar-refractivity contribution in [1.29, 1.82) is 0 Å². The van der Waals surface area contributed by atoms with Crippen LogP contribution in [0.3, 0.4) is 0 Å². The molecule has 8 heteroatoms. The number of amides is 2. The van der Waals surface area contributed by atoms with E-state index in [0.29, 0.717) is 11.1 Å². The summed E-state index contributed by atoms with van der Waals surface area (Å²) in [7, 11) is 0. The number of aromatic nitrogens is 2. The number of hydrogen-bond acceptors (Lipinski definition) is 5. The molecule has 21 heavy (non-hydrogen) atoms. The van der Waals surface area contributed by atoms with E-state index in [-0.39, 0.29) is 30.7 Å². The van der Waals surface area contributed by atoms with Crippen LogP contribution in [0.1, 0.15) is 20.7 Å². The fourth-order valence-corrected chi connectivity index (χ4v) is 2.22. The average Bonchev–Trinajstić information content (AvgIpc) is 3.03. The van der Waals surface area contributed by atoms with E-state index in [1.807, 2.05) is 0 Å². The van der Waals surface area contributed by atoms with Crippen LogP contribution in [0.25, 0.3) is 0 Å². The second kappa shape index (κ2) is 4.82. The lowest BCUT2D eigenvalue weighted by atomic mass is 10.1. The number of nitro groups is 1. The van der Waals surface area contributed by atoms with Gasteiger partial charge in [-0.05, 0) is 17.1 Å². The molecule has 1 aromatic heterocycles. The number of hydrogen-bond donors (Lipinski definition) is 0. The van der Waals surface area contributed by atoms with Crippen LogP contribution < -0.4 is 0 Å². The highest BCUT2D eigenvalue weighted by Gasteiger charge is 2.34. The van der Waals surface area contributed by atoms with Gasteiger partial charge in [0.1, 0.15) is 0 Å². The minimum atomic E-state index is -0.599. The molecule has 8 nitrogen and oxygen atoms in total. The molecule has 0 fully saturated rings. The molecule has 3 rings (SSSR count). The standard InChI is InChI=1S/C13H10N4O4/c18-12-9-3-1-2-4-10(9)13(19)16(12)8-7-15-6-5-11(14-15)17(20)21/h1-6H,7-8H2. The number of nitrogens with zero attached hydrogens (tertiary/aromatic N) is 4. The van der Waals surface area contributed by atoms with Gasteiger partial charge in [-0.1, -0.05) is 12.1 Å². The zero-order chi connectivity index (χ0) is 15.0. The van der Waals surface area contributed by atoms with Crippen LogP contribution in [0.15, 0.2) is 36.5 Å². The summed E-state index contributed by atoms with van der Waals surface area (Å²) in [5, 5.41) is 14.3. The summed E-state index contributed by atoms with van der Waals surface area (Å²) in [6.45, 7) is 0.324. The van der Waals surface area contributed by atoms with Gasteiger partial charge in [-0.25, -0.2) is 0 Å². The molecule has 0 radical (unpaired) electrons. The van der Waals surface area contributed by atoms with Gasteiger partial charge in [-0.15, -0.1) is 0 Å². The maximum atomic E-state index is 12.1. The summed E-state index contributed by atoms with van der Waals surface area (Å²) in [6.07, 6.45) is 1.44. The van der Waals surface area contributed by atoms with Crippen molar-refractivity contribution in [3.63, 3.8) is 0 Å².